The van der Waals surface area contributed by atoms with E-state index in [0.717, 1.165) is 0 Å². The fraction of sp³-hybridized carbons (Fsp3) is 0.300. The normalized spacial score (nSPS) is 9.88. The third-order valence-electron chi connectivity index (χ3n) is 1.88. The molecular formula is C10H10BrNO4. The second kappa shape index (κ2) is 5.60. The lowest BCUT2D eigenvalue weighted by atomic mass is 10.1. The fourth-order valence-corrected chi connectivity index (χ4v) is 1.65. The predicted molar refractivity (Wildman–Crippen MR) is 61.1 cm³/mol. The minimum Gasteiger partial charge on any atom is -0.466 e. The van der Waals surface area contributed by atoms with E-state index in [1.165, 1.54) is 6.07 Å². The van der Waals surface area contributed by atoms with E-state index in [9.17, 15) is 14.9 Å². The average molecular weight is 288 g/mol. The lowest BCUT2D eigenvalue weighted by Crippen LogP contribution is -2.09. The van der Waals surface area contributed by atoms with Crippen molar-refractivity contribution in [2.75, 3.05) is 6.61 Å². The van der Waals surface area contributed by atoms with Crippen molar-refractivity contribution in [1.82, 2.24) is 0 Å². The van der Waals surface area contributed by atoms with Crippen LogP contribution in [-0.4, -0.2) is 17.5 Å². The maximum Gasteiger partial charge on any atom is 0.310 e. The Hall–Kier alpha value is -1.43. The first-order valence-electron chi connectivity index (χ1n) is 4.63. The summed E-state index contributed by atoms with van der Waals surface area (Å²) in [6, 6.07) is 4.47. The highest BCUT2D eigenvalue weighted by atomic mass is 79.9. The monoisotopic (exact) mass is 287 g/mol. The molecule has 0 aromatic heterocycles. The van der Waals surface area contributed by atoms with Crippen LogP contribution in [0.5, 0.6) is 0 Å². The molecule has 6 heteroatoms. The molecule has 0 heterocycles. The minimum absolute atomic E-state index is 0.0729. The Morgan fingerprint density at radius 3 is 2.81 bits per heavy atom. The van der Waals surface area contributed by atoms with E-state index >= 15 is 0 Å². The molecule has 16 heavy (non-hydrogen) atoms. The molecule has 0 N–H and O–H groups in total. The van der Waals surface area contributed by atoms with E-state index in [1.807, 2.05) is 0 Å². The van der Waals surface area contributed by atoms with Gasteiger partial charge in [0.15, 0.2) is 0 Å². The quantitative estimate of drug-likeness (QED) is 0.485. The number of hydrogen-bond donors (Lipinski definition) is 0. The summed E-state index contributed by atoms with van der Waals surface area (Å²) in [4.78, 5) is 21.4. The number of ether oxygens (including phenoxy) is 1. The molecular weight excluding hydrogens is 278 g/mol. The molecule has 0 saturated carbocycles. The lowest BCUT2D eigenvalue weighted by molar-refractivity contribution is -0.385. The van der Waals surface area contributed by atoms with Gasteiger partial charge in [-0.3, -0.25) is 14.9 Å². The maximum atomic E-state index is 11.2. The van der Waals surface area contributed by atoms with Gasteiger partial charge < -0.3 is 4.74 Å². The average Bonchev–Trinajstić information content (AvgIpc) is 2.17. The summed E-state index contributed by atoms with van der Waals surface area (Å²) in [6.45, 7) is 1.95. The predicted octanol–water partition coefficient (Wildman–Crippen LogP) is 2.46. The van der Waals surface area contributed by atoms with Crippen molar-refractivity contribution in [3.8, 4) is 0 Å². The molecule has 0 aliphatic rings. The van der Waals surface area contributed by atoms with Gasteiger partial charge in [-0.2, -0.15) is 0 Å². The van der Waals surface area contributed by atoms with Gasteiger partial charge in [-0.05, 0) is 19.1 Å². The van der Waals surface area contributed by atoms with Crippen molar-refractivity contribution in [1.29, 1.82) is 0 Å². The molecule has 0 unspecified atom stereocenters. The number of carbonyl (C=O) groups is 1. The molecule has 0 bridgehead atoms. The Balaban J connectivity index is 2.96. The summed E-state index contributed by atoms with van der Waals surface area (Å²) in [7, 11) is 0. The van der Waals surface area contributed by atoms with E-state index < -0.39 is 10.9 Å². The maximum absolute atomic E-state index is 11.2. The summed E-state index contributed by atoms with van der Waals surface area (Å²) < 4.78 is 5.44. The largest absolute Gasteiger partial charge is 0.466 e. The van der Waals surface area contributed by atoms with Crippen molar-refractivity contribution in [2.24, 2.45) is 0 Å². The van der Waals surface area contributed by atoms with Gasteiger partial charge in [-0.25, -0.2) is 0 Å². The molecule has 86 valence electrons. The van der Waals surface area contributed by atoms with E-state index in [4.69, 9.17) is 4.74 Å². The molecule has 1 rings (SSSR count). The number of benzene rings is 1. The number of rotatable bonds is 4. The van der Waals surface area contributed by atoms with Gasteiger partial charge in [-0.1, -0.05) is 15.9 Å². The Morgan fingerprint density at radius 1 is 1.56 bits per heavy atom. The Labute approximate surface area is 101 Å². The number of nitrogens with zero attached hydrogens (tertiary/aromatic N) is 1. The summed E-state index contributed by atoms with van der Waals surface area (Å²) >= 11 is 3.20. The molecule has 0 amide bonds. The standard InChI is InChI=1S/C10H10BrNO4/c1-2-16-10(13)6-7-5-8(11)3-4-9(7)12(14)15/h3-5H,2,6H2,1H3. The van der Waals surface area contributed by atoms with Crippen LogP contribution >= 0.6 is 15.9 Å². The van der Waals surface area contributed by atoms with Crippen molar-refractivity contribution in [3.05, 3.63) is 38.3 Å². The van der Waals surface area contributed by atoms with Gasteiger partial charge in [-0.15, -0.1) is 0 Å². The second-order valence-electron chi connectivity index (χ2n) is 3.01. The first kappa shape index (κ1) is 12.6. The van der Waals surface area contributed by atoms with E-state index in [1.54, 1.807) is 19.1 Å². The lowest BCUT2D eigenvalue weighted by Gasteiger charge is -2.03. The van der Waals surface area contributed by atoms with Crippen LogP contribution in [0.1, 0.15) is 12.5 Å². The van der Waals surface area contributed by atoms with Crippen LogP contribution in [0, 0.1) is 10.1 Å². The molecule has 5 nitrogen and oxygen atoms in total. The zero-order chi connectivity index (χ0) is 12.1. The number of esters is 1. The number of nitro groups is 1. The number of halogens is 1. The van der Waals surface area contributed by atoms with E-state index in [2.05, 4.69) is 15.9 Å². The molecule has 0 spiro atoms. The van der Waals surface area contributed by atoms with Crippen LogP contribution in [0.3, 0.4) is 0 Å². The van der Waals surface area contributed by atoms with Crippen molar-refractivity contribution in [2.45, 2.75) is 13.3 Å². The molecule has 1 aromatic rings. The van der Waals surface area contributed by atoms with Crippen LogP contribution in [0.4, 0.5) is 5.69 Å². The molecule has 0 atom stereocenters. The third kappa shape index (κ3) is 3.30. The van der Waals surface area contributed by atoms with Crippen LogP contribution in [-0.2, 0) is 16.0 Å². The molecule has 0 fully saturated rings. The van der Waals surface area contributed by atoms with E-state index in [-0.39, 0.29) is 18.7 Å². The number of nitro benzene ring substituents is 1. The van der Waals surface area contributed by atoms with Gasteiger partial charge in [0, 0.05) is 16.1 Å². The summed E-state index contributed by atoms with van der Waals surface area (Å²) in [5.41, 5.74) is 0.272. The fourth-order valence-electron chi connectivity index (χ4n) is 1.24. The summed E-state index contributed by atoms with van der Waals surface area (Å²) in [5.74, 6) is -0.469. The zero-order valence-electron chi connectivity index (χ0n) is 8.60. The summed E-state index contributed by atoms with van der Waals surface area (Å²) in [6.07, 6.45) is -0.0937. The zero-order valence-corrected chi connectivity index (χ0v) is 10.2. The molecule has 0 aliphatic carbocycles. The van der Waals surface area contributed by atoms with Gasteiger partial charge in [0.1, 0.15) is 0 Å². The van der Waals surface area contributed by atoms with Crippen LogP contribution in [0.2, 0.25) is 0 Å². The van der Waals surface area contributed by atoms with Crippen molar-refractivity contribution < 1.29 is 14.5 Å². The second-order valence-corrected chi connectivity index (χ2v) is 3.93. The Kier molecular flexibility index (Phi) is 4.42. The third-order valence-corrected chi connectivity index (χ3v) is 2.37. The highest BCUT2D eigenvalue weighted by Crippen LogP contribution is 2.23. The van der Waals surface area contributed by atoms with E-state index in [0.29, 0.717) is 10.0 Å². The smallest absolute Gasteiger partial charge is 0.310 e. The van der Waals surface area contributed by atoms with Crippen LogP contribution in [0.25, 0.3) is 0 Å². The van der Waals surface area contributed by atoms with Gasteiger partial charge in [0.25, 0.3) is 5.69 Å². The topological polar surface area (TPSA) is 69.4 Å². The Morgan fingerprint density at radius 2 is 2.25 bits per heavy atom. The summed E-state index contributed by atoms with van der Waals surface area (Å²) in [5, 5.41) is 10.7. The number of hydrogen-bond acceptors (Lipinski definition) is 4. The Bertz CT molecular complexity index is 419. The van der Waals surface area contributed by atoms with Crippen molar-refractivity contribution >= 4 is 27.6 Å². The minimum atomic E-state index is -0.513. The first-order valence-corrected chi connectivity index (χ1v) is 5.42. The van der Waals surface area contributed by atoms with Crippen LogP contribution < -0.4 is 0 Å². The van der Waals surface area contributed by atoms with Crippen molar-refractivity contribution in [3.63, 3.8) is 0 Å². The SMILES string of the molecule is CCOC(=O)Cc1cc(Br)ccc1[N+](=O)[O-]. The highest BCUT2D eigenvalue weighted by molar-refractivity contribution is 9.10. The molecule has 0 radical (unpaired) electrons. The highest BCUT2D eigenvalue weighted by Gasteiger charge is 2.17. The number of carbonyl (C=O) groups excluding carboxylic acids is 1. The molecule has 1 aromatic carbocycles. The van der Waals surface area contributed by atoms with Gasteiger partial charge >= 0.3 is 5.97 Å². The first-order chi connectivity index (χ1) is 7.54. The molecule has 0 aliphatic heterocycles. The van der Waals surface area contributed by atoms with Crippen LogP contribution in [0.15, 0.2) is 22.7 Å². The van der Waals surface area contributed by atoms with Gasteiger partial charge in [0.2, 0.25) is 0 Å². The van der Waals surface area contributed by atoms with Gasteiger partial charge in [0.05, 0.1) is 18.0 Å². The molecule has 0 saturated heterocycles.